The monoisotopic (exact) mass is 468 g/mol. The van der Waals surface area contributed by atoms with Gasteiger partial charge in [-0.15, -0.1) is 0 Å². The lowest BCUT2D eigenvalue weighted by atomic mass is 9.81. The molecule has 0 aromatic heterocycles. The Hall–Kier alpha value is -0.940. The van der Waals surface area contributed by atoms with E-state index < -0.39 is 17.2 Å². The Morgan fingerprint density at radius 2 is 1.47 bits per heavy atom. The molecule has 180 valence electrons. The maximum Gasteiger partial charge on any atom is 0.376 e. The van der Waals surface area contributed by atoms with Crippen molar-refractivity contribution in [2.45, 2.75) is 51.1 Å². The van der Waals surface area contributed by atoms with Crippen LogP contribution in [0.15, 0.2) is 29.2 Å². The molecule has 32 heavy (non-hydrogen) atoms. The molecule has 0 spiro atoms. The number of nitrogens with zero attached hydrogens (tertiary/aromatic N) is 2. The van der Waals surface area contributed by atoms with Crippen LogP contribution >= 0.6 is 0 Å². The van der Waals surface area contributed by atoms with Crippen LogP contribution in [-0.4, -0.2) is 86.7 Å². The van der Waals surface area contributed by atoms with Gasteiger partial charge in [-0.25, -0.2) is 0 Å². The highest BCUT2D eigenvalue weighted by Crippen LogP contribution is 2.20. The predicted molar refractivity (Wildman–Crippen MR) is 128 cm³/mol. The number of hydrogen-bond acceptors (Lipinski definition) is 8. The minimum Gasteiger partial charge on any atom is -0.437 e. The average molecular weight is 468 g/mol. The van der Waals surface area contributed by atoms with Crippen LogP contribution in [0.25, 0.3) is 0 Å². The first kappa shape index (κ1) is 27.3. The van der Waals surface area contributed by atoms with Crippen molar-refractivity contribution in [3.05, 3.63) is 29.8 Å². The first-order valence-corrected chi connectivity index (χ1v) is 12.9. The molecule has 2 saturated heterocycles. The highest BCUT2D eigenvalue weighted by Gasteiger charge is 2.27. The summed E-state index contributed by atoms with van der Waals surface area (Å²) in [6, 6.07) is 6.64. The SMILES string of the molecule is CB(O)N1CCC[C@H](CO)C1.CB(O)N1CCC[C@H](COS(=O)(=O)c2ccc(C)cc2)C1. The molecule has 0 aliphatic carbocycles. The molecule has 3 N–H and O–H groups in total. The lowest BCUT2D eigenvalue weighted by Gasteiger charge is -2.33. The highest BCUT2D eigenvalue weighted by molar-refractivity contribution is 7.86. The van der Waals surface area contributed by atoms with E-state index in [-0.39, 0.29) is 31.1 Å². The first-order valence-electron chi connectivity index (χ1n) is 11.5. The Morgan fingerprint density at radius 1 is 0.969 bits per heavy atom. The summed E-state index contributed by atoms with van der Waals surface area (Å²) in [6.45, 7) is 9.15. The molecule has 8 nitrogen and oxygen atoms in total. The van der Waals surface area contributed by atoms with E-state index in [2.05, 4.69) is 0 Å². The quantitative estimate of drug-likeness (QED) is 0.406. The molecule has 1 aromatic rings. The molecule has 2 aliphatic heterocycles. The minimum atomic E-state index is -3.70. The van der Waals surface area contributed by atoms with E-state index >= 15 is 0 Å². The van der Waals surface area contributed by atoms with Gasteiger partial charge in [0.2, 0.25) is 0 Å². The highest BCUT2D eigenvalue weighted by atomic mass is 32.2. The van der Waals surface area contributed by atoms with Crippen LogP contribution in [0.5, 0.6) is 0 Å². The van der Waals surface area contributed by atoms with Crippen LogP contribution < -0.4 is 0 Å². The molecular formula is C21H38B2N2O6S. The smallest absolute Gasteiger partial charge is 0.376 e. The van der Waals surface area contributed by atoms with E-state index in [9.17, 15) is 18.5 Å². The predicted octanol–water partition coefficient (Wildman–Crippen LogP) is 1.32. The van der Waals surface area contributed by atoms with Gasteiger partial charge in [0.05, 0.1) is 11.5 Å². The molecule has 11 heteroatoms. The number of hydrogen-bond donors (Lipinski definition) is 3. The number of aryl methyl sites for hydroxylation is 1. The van der Waals surface area contributed by atoms with Crippen molar-refractivity contribution in [3.8, 4) is 0 Å². The number of piperidine rings is 2. The normalized spacial score (nSPS) is 22.7. The summed E-state index contributed by atoms with van der Waals surface area (Å²) in [5.74, 6) is 0.506. The molecule has 0 bridgehead atoms. The van der Waals surface area contributed by atoms with E-state index in [0.717, 1.165) is 50.9 Å². The summed E-state index contributed by atoms with van der Waals surface area (Å²) in [5.41, 5.74) is 1.01. The summed E-state index contributed by atoms with van der Waals surface area (Å²) < 4.78 is 29.4. The lowest BCUT2D eigenvalue weighted by molar-refractivity contribution is 0.156. The molecule has 0 saturated carbocycles. The standard InChI is InChI=1S/C14H22BNO4S.C7H16BNO2/c1-12-5-7-14(8-6-12)21(18,19)20-11-13-4-3-9-16(10-13)15(2)17;1-8(11)9-4-2-3-7(5-9)6-10/h5-8,13,17H,3-4,9-11H2,1-2H3;7,10-11H,2-6H2,1H3/t13-;7-/m00/s1. The fourth-order valence-corrected chi connectivity index (χ4v) is 5.09. The van der Waals surface area contributed by atoms with Crippen molar-refractivity contribution in [2.24, 2.45) is 11.8 Å². The van der Waals surface area contributed by atoms with Crippen LogP contribution in [0.3, 0.4) is 0 Å². The summed E-state index contributed by atoms with van der Waals surface area (Å²) in [4.78, 5) is 4.14. The lowest BCUT2D eigenvalue weighted by Crippen LogP contribution is -2.45. The Bertz CT molecular complexity index is 779. The maximum atomic E-state index is 12.1. The van der Waals surface area contributed by atoms with Gasteiger partial charge < -0.3 is 24.8 Å². The van der Waals surface area contributed by atoms with Gasteiger partial charge in [-0.2, -0.15) is 8.42 Å². The van der Waals surface area contributed by atoms with Crippen LogP contribution in [-0.2, 0) is 14.3 Å². The van der Waals surface area contributed by atoms with E-state index in [4.69, 9.17) is 9.29 Å². The summed E-state index contributed by atoms with van der Waals surface area (Å²) in [5, 5.41) is 27.7. The van der Waals surface area contributed by atoms with Gasteiger partial charge in [0, 0.05) is 6.61 Å². The number of aliphatic hydroxyl groups is 1. The zero-order chi connectivity index (χ0) is 23.7. The van der Waals surface area contributed by atoms with E-state index in [1.165, 1.54) is 0 Å². The van der Waals surface area contributed by atoms with E-state index in [0.29, 0.717) is 12.5 Å². The molecule has 0 radical (unpaired) electrons. The van der Waals surface area contributed by atoms with Crippen LogP contribution in [0.4, 0.5) is 0 Å². The molecule has 2 aliphatic rings. The largest absolute Gasteiger partial charge is 0.437 e. The van der Waals surface area contributed by atoms with Gasteiger partial charge in [0.15, 0.2) is 0 Å². The topological polar surface area (TPSA) is 111 Å². The Labute approximate surface area is 194 Å². The molecular weight excluding hydrogens is 430 g/mol. The second kappa shape index (κ2) is 13.1. The van der Waals surface area contributed by atoms with Gasteiger partial charge >= 0.3 is 14.1 Å². The first-order chi connectivity index (χ1) is 15.1. The van der Waals surface area contributed by atoms with Crippen LogP contribution in [0, 0.1) is 18.8 Å². The van der Waals surface area contributed by atoms with Crippen LogP contribution in [0.2, 0.25) is 13.6 Å². The zero-order valence-corrected chi connectivity index (χ0v) is 20.4. The van der Waals surface area contributed by atoms with Gasteiger partial charge in [-0.1, -0.05) is 17.7 Å². The average Bonchev–Trinajstić information content (AvgIpc) is 2.78. The van der Waals surface area contributed by atoms with Gasteiger partial charge in [-0.05, 0) is 96.4 Å². The van der Waals surface area contributed by atoms with E-state index in [1.807, 2.05) is 16.5 Å². The number of aliphatic hydroxyl groups excluding tert-OH is 1. The molecule has 0 amide bonds. The van der Waals surface area contributed by atoms with Crippen molar-refractivity contribution in [1.82, 2.24) is 9.62 Å². The molecule has 2 fully saturated rings. The minimum absolute atomic E-state index is 0.133. The molecule has 3 rings (SSSR count). The molecule has 0 unspecified atom stereocenters. The number of benzene rings is 1. The fraction of sp³-hybridized carbons (Fsp3) is 0.714. The Balaban J connectivity index is 0.000000278. The second-order valence-corrected chi connectivity index (χ2v) is 10.6. The third-order valence-electron chi connectivity index (χ3n) is 6.18. The van der Waals surface area contributed by atoms with E-state index in [1.54, 1.807) is 37.9 Å². The third-order valence-corrected chi connectivity index (χ3v) is 7.48. The zero-order valence-electron chi connectivity index (χ0n) is 19.6. The van der Waals surface area contributed by atoms with Crippen molar-refractivity contribution < 1.29 is 27.8 Å². The molecule has 2 atom stereocenters. The van der Waals surface area contributed by atoms with Gasteiger partial charge in [-0.3, -0.25) is 4.18 Å². The number of rotatable bonds is 7. The summed E-state index contributed by atoms with van der Waals surface area (Å²) in [7, 11) is -4.55. The van der Waals surface area contributed by atoms with Gasteiger partial charge in [0.1, 0.15) is 0 Å². The Kier molecular flexibility index (Phi) is 11.2. The fourth-order valence-electron chi connectivity index (χ4n) is 4.12. The van der Waals surface area contributed by atoms with Crippen molar-refractivity contribution in [3.63, 3.8) is 0 Å². The van der Waals surface area contributed by atoms with Gasteiger partial charge in [0.25, 0.3) is 10.1 Å². The molecule has 1 aromatic carbocycles. The maximum absolute atomic E-state index is 12.1. The van der Waals surface area contributed by atoms with Crippen molar-refractivity contribution in [2.75, 3.05) is 39.4 Å². The summed E-state index contributed by atoms with van der Waals surface area (Å²) >= 11 is 0. The third kappa shape index (κ3) is 8.78. The second-order valence-electron chi connectivity index (χ2n) is 9.00. The summed E-state index contributed by atoms with van der Waals surface area (Å²) in [6.07, 6.45) is 4.06. The van der Waals surface area contributed by atoms with Crippen molar-refractivity contribution in [1.29, 1.82) is 0 Å². The van der Waals surface area contributed by atoms with Crippen molar-refractivity contribution >= 4 is 24.2 Å². The Morgan fingerprint density at radius 3 is 1.97 bits per heavy atom. The van der Waals surface area contributed by atoms with Crippen LogP contribution in [0.1, 0.15) is 31.2 Å². The molecule has 2 heterocycles.